The fourth-order valence-electron chi connectivity index (χ4n) is 1.57. The molecule has 0 fully saturated rings. The maximum atomic E-state index is 12.2. The highest BCUT2D eigenvalue weighted by Gasteiger charge is 2.12. The molecule has 1 N–H and O–H groups in total. The predicted octanol–water partition coefficient (Wildman–Crippen LogP) is 2.19. The molecule has 4 heteroatoms. The van der Waals surface area contributed by atoms with Crippen LogP contribution in [0.1, 0.15) is 20.3 Å². The van der Waals surface area contributed by atoms with Crippen LogP contribution in [-0.2, 0) is 10.8 Å². The molecule has 17 heavy (non-hydrogen) atoms. The first-order valence-electron chi connectivity index (χ1n) is 5.93. The maximum Gasteiger partial charge on any atom is 0.134 e. The Hall–Kier alpha value is -0.870. The van der Waals surface area contributed by atoms with Gasteiger partial charge in [-0.15, -0.1) is 0 Å². The van der Waals surface area contributed by atoms with Gasteiger partial charge in [0.15, 0.2) is 0 Å². The lowest BCUT2D eigenvalue weighted by molar-refractivity contribution is 0.404. The summed E-state index contributed by atoms with van der Waals surface area (Å²) < 4.78 is 17.4. The lowest BCUT2D eigenvalue weighted by Gasteiger charge is -2.14. The van der Waals surface area contributed by atoms with Crippen molar-refractivity contribution in [2.24, 2.45) is 0 Å². The number of rotatable bonds is 7. The van der Waals surface area contributed by atoms with Gasteiger partial charge in [0.05, 0.1) is 22.8 Å². The Kier molecular flexibility index (Phi) is 6.22. The molecule has 0 aromatic heterocycles. The fourth-order valence-corrected chi connectivity index (χ4v) is 2.93. The number of para-hydroxylation sites is 1. The van der Waals surface area contributed by atoms with Gasteiger partial charge in [0.1, 0.15) is 5.75 Å². The van der Waals surface area contributed by atoms with Gasteiger partial charge in [-0.2, -0.15) is 0 Å². The predicted molar refractivity (Wildman–Crippen MR) is 72.0 cm³/mol. The normalized spacial score (nSPS) is 14.3. The van der Waals surface area contributed by atoms with Gasteiger partial charge in [-0.25, -0.2) is 0 Å². The number of hydrogen-bond donors (Lipinski definition) is 1. The van der Waals surface area contributed by atoms with Crippen LogP contribution in [0.2, 0.25) is 0 Å². The van der Waals surface area contributed by atoms with E-state index >= 15 is 0 Å². The van der Waals surface area contributed by atoms with Crippen molar-refractivity contribution in [3.8, 4) is 5.75 Å². The number of nitrogens with one attached hydrogen (secondary N) is 1. The molecule has 0 amide bonds. The van der Waals surface area contributed by atoms with Crippen molar-refractivity contribution < 1.29 is 8.95 Å². The molecular weight excluding hydrogens is 234 g/mol. The van der Waals surface area contributed by atoms with Crippen LogP contribution in [-0.4, -0.2) is 29.7 Å². The van der Waals surface area contributed by atoms with Crippen LogP contribution in [0.4, 0.5) is 0 Å². The molecule has 0 heterocycles. The largest absolute Gasteiger partial charge is 0.495 e. The van der Waals surface area contributed by atoms with E-state index < -0.39 is 10.8 Å². The minimum Gasteiger partial charge on any atom is -0.495 e. The van der Waals surface area contributed by atoms with E-state index in [1.165, 1.54) is 0 Å². The van der Waals surface area contributed by atoms with Gasteiger partial charge in [0.2, 0.25) is 0 Å². The number of hydrogen-bond acceptors (Lipinski definition) is 3. The third-order valence-electron chi connectivity index (χ3n) is 2.46. The third-order valence-corrected chi connectivity index (χ3v) is 4.09. The molecule has 0 radical (unpaired) electrons. The fraction of sp³-hybridized carbons (Fsp3) is 0.538. The SMILES string of the molecule is CCCNC(C)CS(=O)c1ccccc1OC. The zero-order valence-electron chi connectivity index (χ0n) is 10.7. The van der Waals surface area contributed by atoms with E-state index in [0.717, 1.165) is 17.9 Å². The highest BCUT2D eigenvalue weighted by molar-refractivity contribution is 7.85. The Morgan fingerprint density at radius 1 is 1.41 bits per heavy atom. The molecule has 0 saturated heterocycles. The first-order valence-corrected chi connectivity index (χ1v) is 7.25. The Balaban J connectivity index is 2.63. The highest BCUT2D eigenvalue weighted by Crippen LogP contribution is 2.21. The van der Waals surface area contributed by atoms with Gasteiger partial charge in [0.25, 0.3) is 0 Å². The molecule has 96 valence electrons. The van der Waals surface area contributed by atoms with Gasteiger partial charge in [0, 0.05) is 11.8 Å². The van der Waals surface area contributed by atoms with Crippen molar-refractivity contribution in [1.29, 1.82) is 0 Å². The average Bonchev–Trinajstić information content (AvgIpc) is 2.36. The first kappa shape index (κ1) is 14.2. The molecule has 0 aliphatic heterocycles. The van der Waals surface area contributed by atoms with Crippen molar-refractivity contribution in [1.82, 2.24) is 5.32 Å². The Labute approximate surface area is 106 Å². The second-order valence-electron chi connectivity index (χ2n) is 4.02. The lowest BCUT2D eigenvalue weighted by atomic mass is 10.3. The topological polar surface area (TPSA) is 38.3 Å². The quantitative estimate of drug-likeness (QED) is 0.811. The van der Waals surface area contributed by atoms with Crippen LogP contribution in [0.3, 0.4) is 0 Å². The number of benzene rings is 1. The summed E-state index contributed by atoms with van der Waals surface area (Å²) in [6.45, 7) is 5.14. The van der Waals surface area contributed by atoms with Crippen molar-refractivity contribution in [2.75, 3.05) is 19.4 Å². The minimum absolute atomic E-state index is 0.251. The van der Waals surface area contributed by atoms with Crippen LogP contribution in [0, 0.1) is 0 Å². The number of ether oxygens (including phenoxy) is 1. The standard InChI is InChI=1S/C13H21NO2S/c1-4-9-14-11(2)10-17(15)13-8-6-5-7-12(13)16-3/h5-8,11,14H,4,9-10H2,1-3H3. The van der Waals surface area contributed by atoms with E-state index in [1.807, 2.05) is 24.3 Å². The van der Waals surface area contributed by atoms with E-state index in [0.29, 0.717) is 11.5 Å². The summed E-state index contributed by atoms with van der Waals surface area (Å²) in [5.74, 6) is 1.31. The summed E-state index contributed by atoms with van der Waals surface area (Å²) in [6, 6.07) is 7.73. The van der Waals surface area contributed by atoms with Crippen molar-refractivity contribution in [2.45, 2.75) is 31.2 Å². The van der Waals surface area contributed by atoms with E-state index in [1.54, 1.807) is 7.11 Å². The summed E-state index contributed by atoms with van der Waals surface area (Å²) in [6.07, 6.45) is 1.09. The van der Waals surface area contributed by atoms with Gasteiger partial charge >= 0.3 is 0 Å². The molecule has 3 nitrogen and oxygen atoms in total. The van der Waals surface area contributed by atoms with Crippen molar-refractivity contribution in [3.05, 3.63) is 24.3 Å². The van der Waals surface area contributed by atoms with Crippen LogP contribution in [0.15, 0.2) is 29.2 Å². The zero-order valence-corrected chi connectivity index (χ0v) is 11.5. The molecular formula is C13H21NO2S. The van der Waals surface area contributed by atoms with Crippen molar-refractivity contribution in [3.63, 3.8) is 0 Å². The van der Waals surface area contributed by atoms with E-state index in [4.69, 9.17) is 4.74 Å². The Morgan fingerprint density at radius 3 is 2.76 bits per heavy atom. The molecule has 0 aliphatic carbocycles. The molecule has 1 aromatic rings. The molecule has 2 atom stereocenters. The number of methoxy groups -OCH3 is 1. The molecule has 0 aliphatic rings. The highest BCUT2D eigenvalue weighted by atomic mass is 32.2. The summed E-state index contributed by atoms with van der Waals surface area (Å²) >= 11 is 0. The molecule has 0 spiro atoms. The maximum absolute atomic E-state index is 12.2. The molecule has 0 saturated carbocycles. The second kappa shape index (κ2) is 7.45. The molecule has 1 rings (SSSR count). The smallest absolute Gasteiger partial charge is 0.134 e. The van der Waals surface area contributed by atoms with E-state index in [2.05, 4.69) is 19.2 Å². The molecule has 0 bridgehead atoms. The monoisotopic (exact) mass is 255 g/mol. The van der Waals surface area contributed by atoms with Crippen LogP contribution in [0.25, 0.3) is 0 Å². The average molecular weight is 255 g/mol. The summed E-state index contributed by atoms with van der Waals surface area (Å²) in [7, 11) is 0.590. The van der Waals surface area contributed by atoms with Crippen LogP contribution in [0.5, 0.6) is 5.75 Å². The molecule has 1 aromatic carbocycles. The Bertz CT molecular complexity index is 368. The second-order valence-corrected chi connectivity index (χ2v) is 5.48. The lowest BCUT2D eigenvalue weighted by Crippen LogP contribution is -2.31. The third kappa shape index (κ3) is 4.48. The van der Waals surface area contributed by atoms with Gasteiger partial charge < -0.3 is 10.1 Å². The minimum atomic E-state index is -1.02. The first-order chi connectivity index (χ1) is 8.19. The van der Waals surface area contributed by atoms with E-state index in [-0.39, 0.29) is 6.04 Å². The summed E-state index contributed by atoms with van der Waals surface area (Å²) in [5, 5.41) is 3.34. The van der Waals surface area contributed by atoms with E-state index in [9.17, 15) is 4.21 Å². The molecule has 2 unspecified atom stereocenters. The summed E-state index contributed by atoms with van der Waals surface area (Å²) in [5.41, 5.74) is 0. The van der Waals surface area contributed by atoms with Gasteiger partial charge in [-0.1, -0.05) is 19.1 Å². The van der Waals surface area contributed by atoms with Crippen molar-refractivity contribution >= 4 is 10.8 Å². The van der Waals surface area contributed by atoms with Gasteiger partial charge in [-0.05, 0) is 32.0 Å². The Morgan fingerprint density at radius 2 is 2.12 bits per heavy atom. The van der Waals surface area contributed by atoms with Crippen LogP contribution < -0.4 is 10.1 Å². The summed E-state index contributed by atoms with van der Waals surface area (Å²) in [4.78, 5) is 0.778. The zero-order chi connectivity index (χ0) is 12.7. The van der Waals surface area contributed by atoms with Crippen LogP contribution >= 0.6 is 0 Å². The van der Waals surface area contributed by atoms with Gasteiger partial charge in [-0.3, -0.25) is 4.21 Å².